The van der Waals surface area contributed by atoms with Gasteiger partial charge in [-0.15, -0.1) is 0 Å². The fourth-order valence-electron chi connectivity index (χ4n) is 2.07. The zero-order valence-electron chi connectivity index (χ0n) is 12.2. The minimum absolute atomic E-state index is 0.0719. The number of halogens is 3. The zero-order valence-corrected chi connectivity index (χ0v) is 13.0. The van der Waals surface area contributed by atoms with Crippen LogP contribution in [0.1, 0.15) is 5.69 Å². The number of hydrogen-bond donors (Lipinski definition) is 1. The van der Waals surface area contributed by atoms with Crippen molar-refractivity contribution in [1.29, 1.82) is 0 Å². The molecule has 0 aliphatic rings. The van der Waals surface area contributed by atoms with Gasteiger partial charge in [0.25, 0.3) is 0 Å². The third-order valence-electron chi connectivity index (χ3n) is 3.19. The summed E-state index contributed by atoms with van der Waals surface area (Å²) in [7, 11) is 0. The summed E-state index contributed by atoms with van der Waals surface area (Å²) in [5, 5.41) is 2.75. The lowest BCUT2D eigenvalue weighted by molar-refractivity contribution is -0.115. The maximum atomic E-state index is 13.2. The molecule has 1 aromatic heterocycles. The first kappa shape index (κ1) is 16.1. The molecule has 24 heavy (non-hydrogen) atoms. The summed E-state index contributed by atoms with van der Waals surface area (Å²) in [5.41, 5.74) is 1.17. The third-order valence-corrected chi connectivity index (χ3v) is 3.52. The maximum absolute atomic E-state index is 13.2. The van der Waals surface area contributed by atoms with Crippen molar-refractivity contribution in [2.45, 2.75) is 6.42 Å². The van der Waals surface area contributed by atoms with Gasteiger partial charge in [0.2, 0.25) is 11.8 Å². The van der Waals surface area contributed by atoms with Crippen LogP contribution < -0.4 is 5.32 Å². The highest BCUT2D eigenvalue weighted by molar-refractivity contribution is 6.33. The van der Waals surface area contributed by atoms with E-state index in [4.69, 9.17) is 16.0 Å². The van der Waals surface area contributed by atoms with E-state index >= 15 is 0 Å². The minimum Gasteiger partial charge on any atom is -0.444 e. The number of aromatic nitrogens is 1. The van der Waals surface area contributed by atoms with E-state index in [1.165, 1.54) is 42.7 Å². The van der Waals surface area contributed by atoms with E-state index in [2.05, 4.69) is 10.3 Å². The van der Waals surface area contributed by atoms with Crippen LogP contribution in [0.3, 0.4) is 0 Å². The average Bonchev–Trinajstić information content (AvgIpc) is 3.00. The zero-order chi connectivity index (χ0) is 17.1. The molecule has 2 aromatic carbocycles. The second-order valence-electron chi connectivity index (χ2n) is 5.00. The van der Waals surface area contributed by atoms with Gasteiger partial charge in [0.05, 0.1) is 22.8 Å². The summed E-state index contributed by atoms with van der Waals surface area (Å²) in [4.78, 5) is 16.2. The molecule has 1 amide bonds. The smallest absolute Gasteiger partial charge is 0.230 e. The standard InChI is InChI=1S/C17H11ClF2N2O2/c18-14-6-5-12(20)7-15(14)22-16(23)8-13-9-24-17(21-13)10-1-3-11(19)4-2-10/h1-7,9H,8H2,(H,22,23). The molecule has 7 heteroatoms. The van der Waals surface area contributed by atoms with Crippen molar-refractivity contribution in [2.24, 2.45) is 0 Å². The number of oxazole rings is 1. The van der Waals surface area contributed by atoms with E-state index in [0.29, 0.717) is 11.3 Å². The summed E-state index contributed by atoms with van der Waals surface area (Å²) in [6, 6.07) is 9.32. The molecule has 4 nitrogen and oxygen atoms in total. The Labute approximate surface area is 141 Å². The number of carbonyl (C=O) groups excluding carboxylic acids is 1. The molecule has 1 N–H and O–H groups in total. The summed E-state index contributed by atoms with van der Waals surface area (Å²) in [6.45, 7) is 0. The SMILES string of the molecule is O=C(Cc1coc(-c2ccc(F)cc2)n1)Nc1cc(F)ccc1Cl. The topological polar surface area (TPSA) is 55.1 Å². The van der Waals surface area contributed by atoms with Gasteiger partial charge >= 0.3 is 0 Å². The van der Waals surface area contributed by atoms with Crippen molar-refractivity contribution >= 4 is 23.2 Å². The predicted molar refractivity (Wildman–Crippen MR) is 85.6 cm³/mol. The molecule has 0 saturated heterocycles. The van der Waals surface area contributed by atoms with Crippen molar-refractivity contribution in [3.63, 3.8) is 0 Å². The Morgan fingerprint density at radius 1 is 1.12 bits per heavy atom. The first-order chi connectivity index (χ1) is 11.5. The normalized spacial score (nSPS) is 10.6. The van der Waals surface area contributed by atoms with Crippen molar-refractivity contribution < 1.29 is 18.0 Å². The Kier molecular flexibility index (Phi) is 4.57. The summed E-state index contributed by atoms with van der Waals surface area (Å²) < 4.78 is 31.4. The van der Waals surface area contributed by atoms with Crippen LogP contribution in [-0.2, 0) is 11.2 Å². The molecule has 122 valence electrons. The van der Waals surface area contributed by atoms with Gasteiger partial charge in [-0.1, -0.05) is 11.6 Å². The van der Waals surface area contributed by atoms with Gasteiger partial charge in [-0.3, -0.25) is 4.79 Å². The summed E-state index contributed by atoms with van der Waals surface area (Å²) in [6.07, 6.45) is 1.27. The van der Waals surface area contributed by atoms with Gasteiger partial charge in [0.15, 0.2) is 0 Å². The number of benzene rings is 2. The number of anilines is 1. The van der Waals surface area contributed by atoms with Gasteiger partial charge in [0, 0.05) is 5.56 Å². The van der Waals surface area contributed by atoms with Gasteiger partial charge in [0.1, 0.15) is 17.9 Å². The van der Waals surface area contributed by atoms with E-state index in [9.17, 15) is 13.6 Å². The van der Waals surface area contributed by atoms with Crippen LogP contribution in [0.5, 0.6) is 0 Å². The molecule has 1 heterocycles. The van der Waals surface area contributed by atoms with Crippen LogP contribution >= 0.6 is 11.6 Å². The maximum Gasteiger partial charge on any atom is 0.230 e. The van der Waals surface area contributed by atoms with Crippen LogP contribution in [-0.4, -0.2) is 10.9 Å². The van der Waals surface area contributed by atoms with E-state index in [-0.39, 0.29) is 28.8 Å². The Balaban J connectivity index is 1.69. The van der Waals surface area contributed by atoms with Crippen LogP contribution in [0.2, 0.25) is 5.02 Å². The fraction of sp³-hybridized carbons (Fsp3) is 0.0588. The molecule has 0 fully saturated rings. The molecular formula is C17H11ClF2N2O2. The first-order valence-corrected chi connectivity index (χ1v) is 7.34. The molecule has 0 saturated carbocycles. The van der Waals surface area contributed by atoms with Crippen molar-refractivity contribution in [3.8, 4) is 11.5 Å². The quantitative estimate of drug-likeness (QED) is 0.757. The molecule has 0 unspecified atom stereocenters. The lowest BCUT2D eigenvalue weighted by Gasteiger charge is -2.06. The van der Waals surface area contributed by atoms with Crippen LogP contribution in [0.4, 0.5) is 14.5 Å². The molecule has 0 radical (unpaired) electrons. The highest BCUT2D eigenvalue weighted by Crippen LogP contribution is 2.23. The Morgan fingerprint density at radius 2 is 1.83 bits per heavy atom. The molecule has 0 spiro atoms. The number of carbonyl (C=O) groups is 1. The van der Waals surface area contributed by atoms with Gasteiger partial charge in [-0.05, 0) is 42.5 Å². The molecule has 0 aliphatic carbocycles. The number of amides is 1. The van der Waals surface area contributed by atoms with Crippen LogP contribution in [0, 0.1) is 11.6 Å². The van der Waals surface area contributed by atoms with Crippen LogP contribution in [0.15, 0.2) is 53.1 Å². The predicted octanol–water partition coefficient (Wildman–Crippen LogP) is 4.45. The van der Waals surface area contributed by atoms with Gasteiger partial charge in [-0.2, -0.15) is 0 Å². The summed E-state index contributed by atoms with van der Waals surface area (Å²) >= 11 is 5.89. The third kappa shape index (κ3) is 3.78. The van der Waals surface area contributed by atoms with Crippen molar-refractivity contribution in [3.05, 3.63) is 71.1 Å². The van der Waals surface area contributed by atoms with E-state index in [1.807, 2.05) is 0 Å². The Hall–Kier alpha value is -2.73. The molecular weight excluding hydrogens is 338 g/mol. The number of rotatable bonds is 4. The Morgan fingerprint density at radius 3 is 2.58 bits per heavy atom. The highest BCUT2D eigenvalue weighted by Gasteiger charge is 2.12. The summed E-state index contributed by atoms with van der Waals surface area (Å²) in [5.74, 6) is -1.00. The second kappa shape index (κ2) is 6.80. The molecule has 0 bridgehead atoms. The Bertz CT molecular complexity index is 879. The number of hydrogen-bond acceptors (Lipinski definition) is 3. The molecule has 0 aliphatic heterocycles. The largest absolute Gasteiger partial charge is 0.444 e. The van der Waals surface area contributed by atoms with Gasteiger partial charge < -0.3 is 9.73 Å². The number of nitrogens with one attached hydrogen (secondary N) is 1. The highest BCUT2D eigenvalue weighted by atomic mass is 35.5. The molecule has 0 atom stereocenters. The van der Waals surface area contributed by atoms with Crippen molar-refractivity contribution in [1.82, 2.24) is 4.98 Å². The first-order valence-electron chi connectivity index (χ1n) is 6.96. The molecule has 3 rings (SSSR count). The minimum atomic E-state index is -0.505. The average molecular weight is 349 g/mol. The van der Waals surface area contributed by atoms with E-state index in [0.717, 1.165) is 6.07 Å². The second-order valence-corrected chi connectivity index (χ2v) is 5.41. The fourth-order valence-corrected chi connectivity index (χ4v) is 2.23. The van der Waals surface area contributed by atoms with Crippen molar-refractivity contribution in [2.75, 3.05) is 5.32 Å². The lowest BCUT2D eigenvalue weighted by atomic mass is 10.2. The number of nitrogens with zero attached hydrogens (tertiary/aromatic N) is 1. The van der Waals surface area contributed by atoms with E-state index < -0.39 is 11.7 Å². The molecule has 3 aromatic rings. The monoisotopic (exact) mass is 348 g/mol. The van der Waals surface area contributed by atoms with E-state index in [1.54, 1.807) is 0 Å². The van der Waals surface area contributed by atoms with Crippen LogP contribution in [0.25, 0.3) is 11.5 Å². The van der Waals surface area contributed by atoms with Gasteiger partial charge in [-0.25, -0.2) is 13.8 Å². The lowest BCUT2D eigenvalue weighted by Crippen LogP contribution is -2.15.